The predicted molar refractivity (Wildman–Crippen MR) is 324 cm³/mol. The summed E-state index contributed by atoms with van der Waals surface area (Å²) in [4.78, 5) is 6.01. The SMILES string of the molecule is [2H]c1c([2H])c(C(C)(C)C)c([2H])c([2H])c1N(c1cccc(C(C)(C)C)c1)c1ccc2sc3c(c2c1)N(c1ccc(C(C)(C)C)cc1)c1cc(C)cc2c1B3c1c(sc3c([2H])c([2H])c(C(C)(C)C)c([2H])c13)N2c1c([2H])c([2H])c(C(C)(C)C)c([2H])c1[2H]. The van der Waals surface area contributed by atoms with E-state index in [-0.39, 0.29) is 88.7 Å². The van der Waals surface area contributed by atoms with Gasteiger partial charge in [-0.2, -0.15) is 0 Å². The Morgan fingerprint density at radius 3 is 1.62 bits per heavy atom. The van der Waals surface area contributed by atoms with Crippen LogP contribution in [0.25, 0.3) is 20.2 Å². The Balaban J connectivity index is 1.31. The molecule has 2 aromatic heterocycles. The van der Waals surface area contributed by atoms with Crippen LogP contribution in [0.3, 0.4) is 0 Å². The number of aryl methyl sites for hydroxylation is 1. The molecule has 7 aromatic carbocycles. The van der Waals surface area contributed by atoms with Crippen LogP contribution in [0.15, 0.2) is 145 Å². The summed E-state index contributed by atoms with van der Waals surface area (Å²) >= 11 is 2.86. The molecule has 0 saturated carbocycles. The highest BCUT2D eigenvalue weighted by atomic mass is 32.1. The van der Waals surface area contributed by atoms with Crippen molar-refractivity contribution in [2.24, 2.45) is 0 Å². The molecule has 0 unspecified atom stereocenters. The largest absolute Gasteiger partial charge is 0.310 e. The van der Waals surface area contributed by atoms with Crippen LogP contribution in [-0.2, 0) is 27.1 Å². The molecule has 73 heavy (non-hydrogen) atoms. The Morgan fingerprint density at radius 2 is 1.01 bits per heavy atom. The lowest BCUT2D eigenvalue weighted by molar-refractivity contribution is 0.590. The number of anilines is 9. The van der Waals surface area contributed by atoms with E-state index in [2.05, 4.69) is 101 Å². The summed E-state index contributed by atoms with van der Waals surface area (Å²) in [5.74, 6) is 0. The van der Waals surface area contributed by atoms with Gasteiger partial charge in [0.15, 0.2) is 0 Å². The number of hydrogen-bond donors (Lipinski definition) is 0. The van der Waals surface area contributed by atoms with E-state index in [1.807, 2.05) is 103 Å². The molecule has 9 aromatic rings. The summed E-state index contributed by atoms with van der Waals surface area (Å²) in [6.45, 7) is 31.6. The molecule has 0 saturated heterocycles. The van der Waals surface area contributed by atoms with Gasteiger partial charge < -0.3 is 14.7 Å². The lowest BCUT2D eigenvalue weighted by Crippen LogP contribution is -2.60. The van der Waals surface area contributed by atoms with E-state index in [9.17, 15) is 15.1 Å². The van der Waals surface area contributed by atoms with Crippen molar-refractivity contribution in [3.63, 3.8) is 0 Å². The second-order valence-electron chi connectivity index (χ2n) is 25.2. The van der Waals surface area contributed by atoms with Gasteiger partial charge >= 0.3 is 0 Å². The van der Waals surface area contributed by atoms with E-state index in [0.717, 1.165) is 54.1 Å². The van der Waals surface area contributed by atoms with E-state index in [1.165, 1.54) is 11.3 Å². The third-order valence-electron chi connectivity index (χ3n) is 14.3. The number of thiophene rings is 2. The van der Waals surface area contributed by atoms with Crippen LogP contribution < -0.4 is 30.4 Å². The van der Waals surface area contributed by atoms with Crippen molar-refractivity contribution < 1.29 is 15.1 Å². The lowest BCUT2D eigenvalue weighted by atomic mass is 9.36. The summed E-state index contributed by atoms with van der Waals surface area (Å²) in [5, 5.41) is 1.90. The highest BCUT2D eigenvalue weighted by Gasteiger charge is 2.47. The molecule has 0 amide bonds. The van der Waals surface area contributed by atoms with Crippen LogP contribution in [-0.4, -0.2) is 6.71 Å². The van der Waals surface area contributed by atoms with Crippen molar-refractivity contribution in [2.45, 2.75) is 138 Å². The number of hydrogen-bond acceptors (Lipinski definition) is 5. The van der Waals surface area contributed by atoms with Crippen molar-refractivity contribution in [3.05, 3.63) is 179 Å². The van der Waals surface area contributed by atoms with Crippen LogP contribution in [0, 0.1) is 6.92 Å². The highest BCUT2D eigenvalue weighted by Crippen LogP contribution is 2.52. The van der Waals surface area contributed by atoms with E-state index >= 15 is 0 Å². The van der Waals surface area contributed by atoms with Gasteiger partial charge in [0.25, 0.3) is 6.71 Å². The molecular formula is C67H72BN3S2. The standard InChI is InChI=1S/C67H72BN3S2/c1-41-36-54-59-55(37-41)71(49-31-24-44(25-32-49)65(8,9)10)62-58(52-39-46(67(14,15)16)26-34-56(52)73-62)68(59)61-60(70(54)48-29-22-43(23-30-48)64(5,6)7)53-40-51(33-35-57(53)72-61)69(47-27-20-42(21-28-47)63(2,3)4)50-19-17-18-45(38-50)66(11,12)13/h17-40H,1-16H3/i20D,21D,24D,25D,26D,27D,28D,31D,32D,34D,39D. The first-order chi connectivity index (χ1) is 38.9. The van der Waals surface area contributed by atoms with Crippen LogP contribution in [0.5, 0.6) is 0 Å². The highest BCUT2D eigenvalue weighted by molar-refractivity contribution is 7.35. The Hall–Kier alpha value is -6.08. The summed E-state index contributed by atoms with van der Waals surface area (Å²) in [5.41, 5.74) is 7.63. The van der Waals surface area contributed by atoms with Gasteiger partial charge in [0.2, 0.25) is 0 Å². The Kier molecular flexibility index (Phi) is 8.75. The molecule has 370 valence electrons. The molecule has 0 N–H and O–H groups in total. The zero-order valence-corrected chi connectivity index (χ0v) is 46.9. The van der Waals surface area contributed by atoms with Gasteiger partial charge in [-0.1, -0.05) is 164 Å². The number of nitrogens with zero attached hydrogens (tertiary/aromatic N) is 3. The molecule has 0 aliphatic carbocycles. The quantitative estimate of drug-likeness (QED) is 0.159. The van der Waals surface area contributed by atoms with E-state index in [4.69, 9.17) is 0 Å². The van der Waals surface area contributed by atoms with E-state index < -0.39 is 23.0 Å². The van der Waals surface area contributed by atoms with Crippen LogP contribution in [0.1, 0.15) is 152 Å². The van der Waals surface area contributed by atoms with Crippen molar-refractivity contribution in [3.8, 4) is 0 Å². The number of fused-ring (bicyclic) bond motifs is 8. The van der Waals surface area contributed by atoms with Gasteiger partial charge in [0, 0.05) is 59.4 Å². The molecule has 11 rings (SSSR count). The van der Waals surface area contributed by atoms with Crippen LogP contribution >= 0.6 is 22.7 Å². The first kappa shape index (κ1) is 37.6. The zero-order valence-electron chi connectivity index (χ0n) is 56.2. The van der Waals surface area contributed by atoms with Gasteiger partial charge in [-0.05, 0) is 169 Å². The number of rotatable bonds is 5. The average molecular weight is 1010 g/mol. The minimum atomic E-state index is -0.725. The maximum atomic E-state index is 10.3. The molecule has 0 bridgehead atoms. The van der Waals surface area contributed by atoms with E-state index in [0.29, 0.717) is 54.3 Å². The van der Waals surface area contributed by atoms with Gasteiger partial charge in [-0.25, -0.2) is 0 Å². The second kappa shape index (κ2) is 17.0. The summed E-state index contributed by atoms with van der Waals surface area (Å²) in [6, 6.07) is 25.9. The maximum Gasteiger partial charge on any atom is 0.266 e. The monoisotopic (exact) mass is 1000 g/mol. The molecule has 0 atom stereocenters. The lowest BCUT2D eigenvalue weighted by Gasteiger charge is -2.42. The Labute approximate surface area is 460 Å². The van der Waals surface area contributed by atoms with Crippen molar-refractivity contribution in [2.75, 3.05) is 14.7 Å². The molecule has 3 nitrogen and oxygen atoms in total. The second-order valence-corrected chi connectivity index (χ2v) is 27.3. The normalized spacial score (nSPS) is 16.1. The Morgan fingerprint density at radius 1 is 0.452 bits per heavy atom. The summed E-state index contributed by atoms with van der Waals surface area (Å²) < 4.78 is 109. The predicted octanol–water partition coefficient (Wildman–Crippen LogP) is 18.5. The fourth-order valence-corrected chi connectivity index (χ4v) is 12.6. The minimum absolute atomic E-state index is 0.0219. The third kappa shape index (κ3) is 8.51. The van der Waals surface area contributed by atoms with Crippen molar-refractivity contribution in [1.29, 1.82) is 0 Å². The first-order valence-corrected chi connectivity index (χ1v) is 27.1. The molecule has 4 heterocycles. The first-order valence-electron chi connectivity index (χ1n) is 31.0. The smallest absolute Gasteiger partial charge is 0.266 e. The number of benzene rings is 7. The molecule has 0 fully saturated rings. The zero-order chi connectivity index (χ0) is 61.5. The molecular weight excluding hydrogens is 922 g/mol. The topological polar surface area (TPSA) is 9.72 Å². The molecule has 6 heteroatoms. The molecule has 0 radical (unpaired) electrons. The van der Waals surface area contributed by atoms with E-state index in [1.54, 1.807) is 11.3 Å². The fraction of sp³-hybridized carbons (Fsp3) is 0.313. The average Bonchev–Trinajstić information content (AvgIpc) is 1.42. The van der Waals surface area contributed by atoms with Gasteiger partial charge in [-0.15, -0.1) is 22.7 Å². The van der Waals surface area contributed by atoms with Gasteiger partial charge in [0.1, 0.15) is 0 Å². The molecule has 2 aliphatic rings. The molecule has 0 spiro atoms. The van der Waals surface area contributed by atoms with Crippen LogP contribution in [0.4, 0.5) is 50.5 Å². The maximum absolute atomic E-state index is 10.3. The van der Waals surface area contributed by atoms with Crippen LogP contribution in [0.2, 0.25) is 0 Å². The van der Waals surface area contributed by atoms with Crippen molar-refractivity contribution >= 4 is 116 Å². The third-order valence-corrected chi connectivity index (χ3v) is 16.6. The fourth-order valence-electron chi connectivity index (χ4n) is 10.2. The van der Waals surface area contributed by atoms with Crippen molar-refractivity contribution in [1.82, 2.24) is 0 Å². The van der Waals surface area contributed by atoms with Gasteiger partial charge in [-0.3, -0.25) is 0 Å². The minimum Gasteiger partial charge on any atom is -0.310 e. The summed E-state index contributed by atoms with van der Waals surface area (Å²) in [7, 11) is 0. The molecule has 2 aliphatic heterocycles. The summed E-state index contributed by atoms with van der Waals surface area (Å²) in [6.07, 6.45) is 0. The Bertz CT molecular complexity index is 4220. The van der Waals surface area contributed by atoms with Gasteiger partial charge in [0.05, 0.1) is 25.8 Å².